The molecule has 0 aliphatic carbocycles. The molecule has 0 aliphatic heterocycles. The number of methoxy groups -OCH3 is 1. The molecule has 4 nitrogen and oxygen atoms in total. The third-order valence-electron chi connectivity index (χ3n) is 5.56. The lowest BCUT2D eigenvalue weighted by Crippen LogP contribution is -2.18. The zero-order valence-corrected chi connectivity index (χ0v) is 17.6. The monoisotopic (exact) mass is 398 g/mol. The van der Waals surface area contributed by atoms with Crippen molar-refractivity contribution in [3.8, 4) is 16.9 Å². The van der Waals surface area contributed by atoms with E-state index < -0.39 is 0 Å². The number of rotatable bonds is 6. The molecular formula is C26H26N2O2. The number of nitrogens with zero attached hydrogens (tertiary/aromatic N) is 1. The largest absolute Gasteiger partial charge is 0.496 e. The Balaban J connectivity index is 1.59. The predicted molar refractivity (Wildman–Crippen MR) is 123 cm³/mol. The molecular weight excluding hydrogens is 372 g/mol. The van der Waals surface area contributed by atoms with Gasteiger partial charge in [-0.2, -0.15) is 0 Å². The van der Waals surface area contributed by atoms with Crippen molar-refractivity contribution in [3.63, 3.8) is 0 Å². The van der Waals surface area contributed by atoms with E-state index in [0.29, 0.717) is 0 Å². The number of ether oxygens (including phenoxy) is 1. The van der Waals surface area contributed by atoms with Crippen LogP contribution in [0.1, 0.15) is 24.1 Å². The van der Waals surface area contributed by atoms with Gasteiger partial charge in [-0.25, -0.2) is 0 Å². The van der Waals surface area contributed by atoms with Gasteiger partial charge in [0.25, 0.3) is 0 Å². The Morgan fingerprint density at radius 2 is 1.80 bits per heavy atom. The van der Waals surface area contributed by atoms with Gasteiger partial charge in [0.1, 0.15) is 5.75 Å². The molecule has 152 valence electrons. The van der Waals surface area contributed by atoms with Gasteiger partial charge < -0.3 is 14.6 Å². The smallest absolute Gasteiger partial charge is 0.250 e. The Morgan fingerprint density at radius 3 is 2.60 bits per heavy atom. The summed E-state index contributed by atoms with van der Waals surface area (Å²) in [6, 6.07) is 24.7. The molecule has 0 radical (unpaired) electrons. The van der Waals surface area contributed by atoms with Crippen LogP contribution in [0.25, 0.3) is 21.9 Å². The van der Waals surface area contributed by atoms with Crippen LogP contribution < -0.4 is 15.6 Å². The summed E-state index contributed by atoms with van der Waals surface area (Å²) >= 11 is 0. The molecule has 0 saturated heterocycles. The van der Waals surface area contributed by atoms with E-state index in [1.165, 1.54) is 16.3 Å². The zero-order valence-electron chi connectivity index (χ0n) is 17.6. The maximum absolute atomic E-state index is 11.8. The third kappa shape index (κ3) is 4.00. The molecule has 4 aromatic rings. The zero-order chi connectivity index (χ0) is 21.1. The van der Waals surface area contributed by atoms with Crippen LogP contribution in [-0.4, -0.2) is 11.7 Å². The second-order valence-electron chi connectivity index (χ2n) is 7.57. The van der Waals surface area contributed by atoms with Gasteiger partial charge in [-0.3, -0.25) is 4.79 Å². The van der Waals surface area contributed by atoms with E-state index in [-0.39, 0.29) is 11.6 Å². The van der Waals surface area contributed by atoms with Gasteiger partial charge in [-0.15, -0.1) is 0 Å². The van der Waals surface area contributed by atoms with Crippen molar-refractivity contribution in [1.29, 1.82) is 0 Å². The lowest BCUT2D eigenvalue weighted by molar-refractivity contribution is 0.416. The minimum absolute atomic E-state index is 0.0283. The number of pyridine rings is 1. The maximum Gasteiger partial charge on any atom is 0.250 e. The molecule has 1 N–H and O–H groups in total. The van der Waals surface area contributed by atoms with Crippen molar-refractivity contribution in [2.45, 2.75) is 19.5 Å². The van der Waals surface area contributed by atoms with Crippen molar-refractivity contribution < 1.29 is 4.74 Å². The fourth-order valence-electron chi connectivity index (χ4n) is 3.85. The van der Waals surface area contributed by atoms with E-state index in [0.717, 1.165) is 29.0 Å². The summed E-state index contributed by atoms with van der Waals surface area (Å²) in [6.07, 6.45) is 1.84. The first-order chi connectivity index (χ1) is 14.6. The van der Waals surface area contributed by atoms with Gasteiger partial charge in [-0.1, -0.05) is 48.5 Å². The van der Waals surface area contributed by atoms with Gasteiger partial charge in [0.2, 0.25) is 5.56 Å². The Hall–Kier alpha value is -3.37. The van der Waals surface area contributed by atoms with Crippen molar-refractivity contribution in [2.24, 2.45) is 7.05 Å². The highest BCUT2D eigenvalue weighted by atomic mass is 16.5. The highest BCUT2D eigenvalue weighted by molar-refractivity contribution is 5.86. The Kier molecular flexibility index (Phi) is 5.68. The number of aryl methyl sites for hydroxylation is 1. The fraction of sp³-hybridized carbons (Fsp3) is 0.192. The summed E-state index contributed by atoms with van der Waals surface area (Å²) in [7, 11) is 3.43. The van der Waals surface area contributed by atoms with Crippen LogP contribution in [-0.2, 0) is 13.6 Å². The van der Waals surface area contributed by atoms with Crippen LogP contribution in [0.2, 0.25) is 0 Å². The minimum Gasteiger partial charge on any atom is -0.496 e. The summed E-state index contributed by atoms with van der Waals surface area (Å²) in [6.45, 7) is 2.92. The van der Waals surface area contributed by atoms with Crippen LogP contribution in [0.4, 0.5) is 0 Å². The van der Waals surface area contributed by atoms with Crippen molar-refractivity contribution in [2.75, 3.05) is 7.11 Å². The second kappa shape index (κ2) is 8.56. The fourth-order valence-corrected chi connectivity index (χ4v) is 3.85. The molecule has 30 heavy (non-hydrogen) atoms. The highest BCUT2D eigenvalue weighted by Crippen LogP contribution is 2.31. The first-order valence-electron chi connectivity index (χ1n) is 10.1. The van der Waals surface area contributed by atoms with E-state index in [1.807, 2.05) is 18.3 Å². The van der Waals surface area contributed by atoms with Gasteiger partial charge >= 0.3 is 0 Å². The lowest BCUT2D eigenvalue weighted by atomic mass is 9.99. The SMILES string of the molecule is COc1ccc(CNC(C)c2cccc3ccccc23)cc1-c1ccc(=O)n(C)c1. The van der Waals surface area contributed by atoms with Crippen molar-refractivity contribution in [1.82, 2.24) is 9.88 Å². The molecule has 0 amide bonds. The van der Waals surface area contributed by atoms with Crippen LogP contribution in [0.15, 0.2) is 83.8 Å². The van der Waals surface area contributed by atoms with Gasteiger partial charge in [-0.05, 0) is 47.0 Å². The molecule has 0 spiro atoms. The van der Waals surface area contributed by atoms with Crippen LogP contribution in [0.5, 0.6) is 5.75 Å². The molecule has 4 heteroatoms. The molecule has 3 aromatic carbocycles. The first-order valence-corrected chi connectivity index (χ1v) is 10.1. The van der Waals surface area contributed by atoms with Crippen LogP contribution in [0.3, 0.4) is 0 Å². The second-order valence-corrected chi connectivity index (χ2v) is 7.57. The summed E-state index contributed by atoms with van der Waals surface area (Å²) in [5.41, 5.74) is 4.36. The van der Waals surface area contributed by atoms with Crippen LogP contribution >= 0.6 is 0 Å². The maximum atomic E-state index is 11.8. The lowest BCUT2D eigenvalue weighted by Gasteiger charge is -2.18. The van der Waals surface area contributed by atoms with Crippen LogP contribution in [0, 0.1) is 0 Å². The Bertz CT molecular complexity index is 1240. The number of nitrogens with one attached hydrogen (secondary N) is 1. The molecule has 0 saturated carbocycles. The summed E-state index contributed by atoms with van der Waals surface area (Å²) in [4.78, 5) is 11.8. The topological polar surface area (TPSA) is 43.3 Å². The average Bonchev–Trinajstić information content (AvgIpc) is 2.78. The number of hydrogen-bond acceptors (Lipinski definition) is 3. The van der Waals surface area contributed by atoms with E-state index in [1.54, 1.807) is 24.8 Å². The molecule has 1 aromatic heterocycles. The molecule has 1 heterocycles. The van der Waals surface area contributed by atoms with E-state index >= 15 is 0 Å². The molecule has 4 rings (SSSR count). The van der Waals surface area contributed by atoms with Crippen molar-refractivity contribution in [3.05, 3.63) is 100 Å². The summed E-state index contributed by atoms with van der Waals surface area (Å²) in [5, 5.41) is 6.18. The van der Waals surface area contributed by atoms with Crippen molar-refractivity contribution >= 4 is 10.8 Å². The number of benzene rings is 3. The first kappa shape index (κ1) is 19.9. The standard InChI is InChI=1S/C26H26N2O2/c1-18(22-10-6-8-20-7-4-5-9-23(20)22)27-16-19-11-13-25(30-3)24(15-19)21-12-14-26(29)28(2)17-21/h4-15,17-18,27H,16H2,1-3H3. The number of aromatic nitrogens is 1. The highest BCUT2D eigenvalue weighted by Gasteiger charge is 2.11. The third-order valence-corrected chi connectivity index (χ3v) is 5.56. The minimum atomic E-state index is -0.0283. The molecule has 0 aliphatic rings. The predicted octanol–water partition coefficient (Wildman–Crippen LogP) is 5.06. The molecule has 1 unspecified atom stereocenters. The molecule has 0 bridgehead atoms. The Morgan fingerprint density at radius 1 is 1.00 bits per heavy atom. The van der Waals surface area contributed by atoms with Gasteiger partial charge in [0, 0.05) is 43.0 Å². The normalized spacial score (nSPS) is 12.1. The van der Waals surface area contributed by atoms with E-state index in [2.05, 4.69) is 66.8 Å². The number of hydrogen-bond donors (Lipinski definition) is 1. The molecule has 0 fully saturated rings. The van der Waals surface area contributed by atoms with E-state index in [4.69, 9.17) is 4.74 Å². The van der Waals surface area contributed by atoms with E-state index in [9.17, 15) is 4.79 Å². The number of fused-ring (bicyclic) bond motifs is 1. The Labute approximate surface area is 176 Å². The van der Waals surface area contributed by atoms with Gasteiger partial charge in [0.05, 0.1) is 7.11 Å². The summed E-state index contributed by atoms with van der Waals surface area (Å²) in [5.74, 6) is 0.791. The summed E-state index contributed by atoms with van der Waals surface area (Å²) < 4.78 is 7.15. The van der Waals surface area contributed by atoms with Gasteiger partial charge in [0.15, 0.2) is 0 Å². The quantitative estimate of drug-likeness (QED) is 0.493. The average molecular weight is 399 g/mol. The molecule has 1 atom stereocenters.